The molecule has 0 radical (unpaired) electrons. The van der Waals surface area contributed by atoms with Crippen LogP contribution < -0.4 is 0 Å². The molecule has 32 heavy (non-hydrogen) atoms. The number of nitrogens with zero attached hydrogens (tertiary/aromatic N) is 2. The van der Waals surface area contributed by atoms with Crippen LogP contribution in [-0.2, 0) is 16.1 Å². The number of fused-ring (bicyclic) bond motifs is 1. The van der Waals surface area contributed by atoms with Gasteiger partial charge in [0.05, 0.1) is 12.1 Å². The molecule has 0 N–H and O–H groups in total. The topological polar surface area (TPSA) is 42.3 Å². The van der Waals surface area contributed by atoms with E-state index in [1.54, 1.807) is 4.90 Å². The average molecular weight is 493 g/mol. The second-order valence-corrected chi connectivity index (χ2v) is 10.0. The standard InChI is InChI=1S/C27H29BrN2O2/c1-5-26(32)29-13-19(14-29)10-23(31)15-30-16-25(21-8-6-7-20(11-21)17(2)3)24-12-22(28)9-18(4)27(24)30/h5-9,11-12,16-17,19H,1,10,13-15H2,2-4H3. The number of hydrogen-bond donors (Lipinski definition) is 0. The number of Topliss-reactive ketones (excluding diaryl/α,β-unsaturated/α-hetero) is 1. The molecule has 1 aliphatic rings. The molecule has 1 aliphatic heterocycles. The lowest BCUT2D eigenvalue weighted by atomic mass is 9.94. The van der Waals surface area contributed by atoms with E-state index in [-0.39, 0.29) is 17.6 Å². The second-order valence-electron chi connectivity index (χ2n) is 9.13. The number of carbonyl (C=O) groups is 2. The van der Waals surface area contributed by atoms with Crippen LogP contribution in [0.2, 0.25) is 0 Å². The SMILES string of the molecule is C=CC(=O)N1CC(CC(=O)Cn2cc(-c3cccc(C(C)C)c3)c3cc(Br)cc(C)c32)C1. The zero-order valence-corrected chi connectivity index (χ0v) is 20.5. The lowest BCUT2D eigenvalue weighted by molar-refractivity contribution is -0.134. The number of hydrogen-bond acceptors (Lipinski definition) is 2. The molecule has 0 bridgehead atoms. The van der Waals surface area contributed by atoms with Crippen LogP contribution in [0.1, 0.15) is 37.3 Å². The van der Waals surface area contributed by atoms with Crippen molar-refractivity contribution in [3.8, 4) is 11.1 Å². The van der Waals surface area contributed by atoms with Crippen molar-refractivity contribution in [1.82, 2.24) is 9.47 Å². The number of carbonyl (C=O) groups excluding carboxylic acids is 2. The van der Waals surface area contributed by atoms with Crippen LogP contribution in [-0.4, -0.2) is 34.2 Å². The first-order valence-electron chi connectivity index (χ1n) is 11.1. The molecule has 5 heteroatoms. The van der Waals surface area contributed by atoms with Gasteiger partial charge >= 0.3 is 0 Å². The van der Waals surface area contributed by atoms with Gasteiger partial charge in [0.15, 0.2) is 5.78 Å². The Morgan fingerprint density at radius 3 is 2.66 bits per heavy atom. The number of halogens is 1. The monoisotopic (exact) mass is 492 g/mol. The van der Waals surface area contributed by atoms with Crippen LogP contribution in [0.4, 0.5) is 0 Å². The van der Waals surface area contributed by atoms with Crippen molar-refractivity contribution in [3.05, 3.63) is 70.8 Å². The fraction of sp³-hybridized carbons (Fsp3) is 0.333. The Bertz CT molecular complexity index is 1200. The third-order valence-electron chi connectivity index (χ3n) is 6.30. The summed E-state index contributed by atoms with van der Waals surface area (Å²) in [5.41, 5.74) is 5.85. The summed E-state index contributed by atoms with van der Waals surface area (Å²) in [5.74, 6) is 0.834. The fourth-order valence-electron chi connectivity index (χ4n) is 4.62. The third kappa shape index (κ3) is 4.44. The summed E-state index contributed by atoms with van der Waals surface area (Å²) in [5, 5.41) is 1.15. The Morgan fingerprint density at radius 1 is 1.22 bits per heavy atom. The Morgan fingerprint density at radius 2 is 1.97 bits per heavy atom. The molecule has 0 aliphatic carbocycles. The van der Waals surface area contributed by atoms with E-state index in [0.29, 0.717) is 32.0 Å². The van der Waals surface area contributed by atoms with Gasteiger partial charge in [0.25, 0.3) is 0 Å². The normalized spacial score (nSPS) is 14.1. The fourth-order valence-corrected chi connectivity index (χ4v) is 5.19. The summed E-state index contributed by atoms with van der Waals surface area (Å²) < 4.78 is 3.14. The van der Waals surface area contributed by atoms with Gasteiger partial charge in [-0.15, -0.1) is 0 Å². The summed E-state index contributed by atoms with van der Waals surface area (Å²) in [4.78, 5) is 26.3. The Kier molecular flexibility index (Phi) is 6.38. The molecule has 4 nitrogen and oxygen atoms in total. The highest BCUT2D eigenvalue weighted by Gasteiger charge is 2.30. The first-order valence-corrected chi connectivity index (χ1v) is 11.9. The molecule has 166 valence electrons. The summed E-state index contributed by atoms with van der Waals surface area (Å²) >= 11 is 3.65. The Hall–Kier alpha value is -2.66. The van der Waals surface area contributed by atoms with E-state index < -0.39 is 0 Å². The van der Waals surface area contributed by atoms with Crippen molar-refractivity contribution in [3.63, 3.8) is 0 Å². The molecule has 2 aromatic carbocycles. The average Bonchev–Trinajstić information content (AvgIpc) is 3.08. The molecule has 0 saturated carbocycles. The molecule has 0 spiro atoms. The molecular formula is C27H29BrN2O2. The van der Waals surface area contributed by atoms with Crippen molar-refractivity contribution in [2.45, 2.75) is 39.7 Å². The molecule has 1 amide bonds. The van der Waals surface area contributed by atoms with Gasteiger partial charge in [-0.2, -0.15) is 0 Å². The largest absolute Gasteiger partial charge is 0.339 e. The molecule has 4 rings (SSSR count). The van der Waals surface area contributed by atoms with Crippen molar-refractivity contribution in [2.24, 2.45) is 5.92 Å². The van der Waals surface area contributed by atoms with Gasteiger partial charge in [0.2, 0.25) is 5.91 Å². The van der Waals surface area contributed by atoms with Crippen LogP contribution in [0, 0.1) is 12.8 Å². The Labute approximate surface area is 198 Å². The summed E-state index contributed by atoms with van der Waals surface area (Å²) in [7, 11) is 0. The van der Waals surface area contributed by atoms with Gasteiger partial charge < -0.3 is 9.47 Å². The molecule has 3 aromatic rings. The second kappa shape index (κ2) is 9.07. The molecule has 1 aromatic heterocycles. The maximum atomic E-state index is 12.9. The molecule has 0 atom stereocenters. The van der Waals surface area contributed by atoms with E-state index >= 15 is 0 Å². The number of aryl methyl sites for hydroxylation is 1. The molecular weight excluding hydrogens is 464 g/mol. The van der Waals surface area contributed by atoms with Crippen LogP contribution >= 0.6 is 15.9 Å². The van der Waals surface area contributed by atoms with Gasteiger partial charge in [-0.25, -0.2) is 0 Å². The number of likely N-dealkylation sites (tertiary alicyclic amines) is 1. The van der Waals surface area contributed by atoms with Gasteiger partial charge in [0, 0.05) is 47.0 Å². The number of aromatic nitrogens is 1. The van der Waals surface area contributed by atoms with E-state index in [4.69, 9.17) is 0 Å². The molecule has 0 unspecified atom stereocenters. The van der Waals surface area contributed by atoms with Gasteiger partial charge in [-0.3, -0.25) is 9.59 Å². The lowest BCUT2D eigenvalue weighted by Crippen LogP contribution is -2.50. The minimum Gasteiger partial charge on any atom is -0.339 e. The summed E-state index contributed by atoms with van der Waals surface area (Å²) in [6.45, 7) is 11.6. The molecule has 2 heterocycles. The zero-order valence-electron chi connectivity index (χ0n) is 18.9. The summed E-state index contributed by atoms with van der Waals surface area (Å²) in [6, 6.07) is 12.9. The Balaban J connectivity index is 1.63. The predicted molar refractivity (Wildman–Crippen MR) is 134 cm³/mol. The zero-order chi connectivity index (χ0) is 23.0. The van der Waals surface area contributed by atoms with E-state index in [1.807, 2.05) is 0 Å². The lowest BCUT2D eigenvalue weighted by Gasteiger charge is -2.38. The van der Waals surface area contributed by atoms with Crippen molar-refractivity contribution < 1.29 is 9.59 Å². The smallest absolute Gasteiger partial charge is 0.245 e. The number of ketones is 1. The van der Waals surface area contributed by atoms with E-state index in [2.05, 4.69) is 90.4 Å². The van der Waals surface area contributed by atoms with Gasteiger partial charge in [-0.1, -0.05) is 60.6 Å². The highest BCUT2D eigenvalue weighted by Crippen LogP contribution is 2.36. The predicted octanol–water partition coefficient (Wildman–Crippen LogP) is 6.11. The number of rotatable bonds is 7. The van der Waals surface area contributed by atoms with Crippen molar-refractivity contribution in [1.29, 1.82) is 0 Å². The van der Waals surface area contributed by atoms with Gasteiger partial charge in [0.1, 0.15) is 0 Å². The van der Waals surface area contributed by atoms with Gasteiger partial charge in [-0.05, 0) is 47.7 Å². The van der Waals surface area contributed by atoms with Crippen LogP contribution in [0.5, 0.6) is 0 Å². The first-order chi connectivity index (χ1) is 15.3. The maximum Gasteiger partial charge on any atom is 0.245 e. The van der Waals surface area contributed by atoms with E-state index in [0.717, 1.165) is 26.5 Å². The molecule has 1 saturated heterocycles. The maximum absolute atomic E-state index is 12.9. The number of amides is 1. The van der Waals surface area contributed by atoms with Crippen LogP contribution in [0.15, 0.2) is 59.7 Å². The highest BCUT2D eigenvalue weighted by molar-refractivity contribution is 9.10. The van der Waals surface area contributed by atoms with E-state index in [9.17, 15) is 9.59 Å². The van der Waals surface area contributed by atoms with E-state index in [1.165, 1.54) is 17.2 Å². The third-order valence-corrected chi connectivity index (χ3v) is 6.76. The molecule has 1 fully saturated rings. The summed E-state index contributed by atoms with van der Waals surface area (Å²) in [6.07, 6.45) is 3.95. The van der Waals surface area contributed by atoms with Crippen LogP contribution in [0.25, 0.3) is 22.0 Å². The number of benzene rings is 2. The minimum absolute atomic E-state index is 0.0559. The van der Waals surface area contributed by atoms with Crippen LogP contribution in [0.3, 0.4) is 0 Å². The first kappa shape index (κ1) is 22.5. The highest BCUT2D eigenvalue weighted by atomic mass is 79.9. The van der Waals surface area contributed by atoms with Crippen molar-refractivity contribution in [2.75, 3.05) is 13.1 Å². The quantitative estimate of drug-likeness (QED) is 0.373. The van der Waals surface area contributed by atoms with Crippen molar-refractivity contribution >= 4 is 38.5 Å². The minimum atomic E-state index is -0.0559.